The molecule has 0 radical (unpaired) electrons. The molecule has 3 rings (SSSR count). The second kappa shape index (κ2) is 9.65. The molecule has 0 heterocycles. The lowest BCUT2D eigenvalue weighted by Gasteiger charge is -2.15. The molecule has 3 aromatic carbocycles. The fraction of sp³-hybridized carbons (Fsp3) is 0.160. The molecule has 0 saturated heterocycles. The molecule has 1 N–H and O–H groups in total. The number of ether oxygens (including phenoxy) is 1. The van der Waals surface area contributed by atoms with Gasteiger partial charge in [-0.3, -0.25) is 9.59 Å². The molecule has 1 amide bonds. The van der Waals surface area contributed by atoms with E-state index in [0.717, 1.165) is 11.1 Å². The molecule has 3 aromatic rings. The van der Waals surface area contributed by atoms with Gasteiger partial charge in [-0.25, -0.2) is 4.79 Å². The van der Waals surface area contributed by atoms with E-state index in [9.17, 15) is 14.4 Å². The number of ketones is 1. The molecular formula is C25H23NO4. The third-order valence-electron chi connectivity index (χ3n) is 4.69. The monoisotopic (exact) mass is 401 g/mol. The number of hydrogen-bond acceptors (Lipinski definition) is 4. The summed E-state index contributed by atoms with van der Waals surface area (Å²) in [6.45, 7) is 3.00. The van der Waals surface area contributed by atoms with Gasteiger partial charge in [-0.05, 0) is 61.7 Å². The number of Topliss-reactive ketones (excluding diaryl/α,β-unsaturated/α-hetero) is 1. The van der Waals surface area contributed by atoms with E-state index in [4.69, 9.17) is 4.74 Å². The molecule has 1 unspecified atom stereocenters. The first-order valence-corrected chi connectivity index (χ1v) is 9.68. The molecule has 0 saturated carbocycles. The Kier molecular flexibility index (Phi) is 6.75. The van der Waals surface area contributed by atoms with Crippen molar-refractivity contribution in [2.75, 3.05) is 5.32 Å². The maximum atomic E-state index is 12.7. The predicted molar refractivity (Wildman–Crippen MR) is 116 cm³/mol. The zero-order chi connectivity index (χ0) is 21.5. The van der Waals surface area contributed by atoms with Gasteiger partial charge in [-0.1, -0.05) is 48.5 Å². The van der Waals surface area contributed by atoms with Gasteiger partial charge in [-0.15, -0.1) is 0 Å². The number of esters is 1. The van der Waals surface area contributed by atoms with Crippen molar-refractivity contribution in [1.82, 2.24) is 0 Å². The maximum Gasteiger partial charge on any atom is 0.339 e. The van der Waals surface area contributed by atoms with Crippen molar-refractivity contribution >= 4 is 23.3 Å². The summed E-state index contributed by atoms with van der Waals surface area (Å²) in [6.07, 6.45) is -0.385. The predicted octanol–water partition coefficient (Wildman–Crippen LogP) is 4.66. The molecule has 0 aliphatic rings. The van der Waals surface area contributed by atoms with Crippen LogP contribution in [0.25, 0.3) is 0 Å². The summed E-state index contributed by atoms with van der Waals surface area (Å²) >= 11 is 0. The van der Waals surface area contributed by atoms with Crippen LogP contribution in [0.2, 0.25) is 0 Å². The molecule has 0 spiro atoms. The summed E-state index contributed by atoms with van der Waals surface area (Å²) in [4.78, 5) is 36.5. The van der Waals surface area contributed by atoms with Crippen LogP contribution < -0.4 is 5.32 Å². The highest BCUT2D eigenvalue weighted by Gasteiger charge is 2.21. The minimum atomic E-state index is -0.977. The van der Waals surface area contributed by atoms with Crippen LogP contribution in [-0.4, -0.2) is 23.8 Å². The quantitative estimate of drug-likeness (QED) is 0.461. The first-order chi connectivity index (χ1) is 14.4. The fourth-order valence-corrected chi connectivity index (χ4v) is 3.00. The highest BCUT2D eigenvalue weighted by Crippen LogP contribution is 2.17. The second-order valence-electron chi connectivity index (χ2n) is 6.99. The number of amides is 1. The lowest BCUT2D eigenvalue weighted by atomic mass is 10.00. The molecule has 152 valence electrons. The SMILES string of the molecule is CC(=O)c1ccc(NC(=O)C(C)OC(=O)c2ccccc2Cc2ccccc2)cc1. The van der Waals surface area contributed by atoms with E-state index in [-0.39, 0.29) is 5.78 Å². The van der Waals surface area contributed by atoms with Crippen molar-refractivity contribution in [2.45, 2.75) is 26.4 Å². The third kappa shape index (κ3) is 5.41. The Morgan fingerprint density at radius 2 is 1.50 bits per heavy atom. The topological polar surface area (TPSA) is 72.5 Å². The minimum Gasteiger partial charge on any atom is -0.449 e. The normalized spacial score (nSPS) is 11.4. The molecule has 0 aliphatic carbocycles. The van der Waals surface area contributed by atoms with Crippen molar-refractivity contribution in [3.63, 3.8) is 0 Å². The van der Waals surface area contributed by atoms with Gasteiger partial charge in [0.25, 0.3) is 5.91 Å². The Morgan fingerprint density at radius 3 is 2.17 bits per heavy atom. The fourth-order valence-electron chi connectivity index (χ4n) is 3.00. The Balaban J connectivity index is 1.65. The van der Waals surface area contributed by atoms with Crippen molar-refractivity contribution in [3.05, 3.63) is 101 Å². The van der Waals surface area contributed by atoms with Gasteiger partial charge in [-0.2, -0.15) is 0 Å². The number of rotatable bonds is 7. The van der Waals surface area contributed by atoms with Crippen LogP contribution in [0.5, 0.6) is 0 Å². The van der Waals surface area contributed by atoms with Crippen LogP contribution >= 0.6 is 0 Å². The molecule has 0 aromatic heterocycles. The highest BCUT2D eigenvalue weighted by molar-refractivity contribution is 5.98. The molecule has 0 aliphatic heterocycles. The standard InChI is InChI=1S/C25H23NO4/c1-17(27)20-12-14-22(15-13-20)26-24(28)18(2)30-25(29)23-11-7-6-10-21(23)16-19-8-4-3-5-9-19/h3-15,18H,16H2,1-2H3,(H,26,28). The summed E-state index contributed by atoms with van der Waals surface area (Å²) in [5.41, 5.74) is 3.44. The van der Waals surface area contributed by atoms with Gasteiger partial charge in [0, 0.05) is 11.3 Å². The van der Waals surface area contributed by atoms with E-state index in [0.29, 0.717) is 23.2 Å². The van der Waals surface area contributed by atoms with Gasteiger partial charge in [0.1, 0.15) is 0 Å². The van der Waals surface area contributed by atoms with Gasteiger partial charge < -0.3 is 10.1 Å². The summed E-state index contributed by atoms with van der Waals surface area (Å²) in [6, 6.07) is 23.6. The summed E-state index contributed by atoms with van der Waals surface area (Å²) in [7, 11) is 0. The molecule has 5 heteroatoms. The van der Waals surface area contributed by atoms with Crippen LogP contribution in [0.3, 0.4) is 0 Å². The summed E-state index contributed by atoms with van der Waals surface area (Å²) in [5.74, 6) is -1.04. The highest BCUT2D eigenvalue weighted by atomic mass is 16.5. The molecular weight excluding hydrogens is 378 g/mol. The number of nitrogens with one attached hydrogen (secondary N) is 1. The van der Waals surface area contributed by atoms with Gasteiger partial charge in [0.05, 0.1) is 5.56 Å². The first-order valence-electron chi connectivity index (χ1n) is 9.68. The van der Waals surface area contributed by atoms with Crippen molar-refractivity contribution in [1.29, 1.82) is 0 Å². The van der Waals surface area contributed by atoms with Gasteiger partial charge in [0.15, 0.2) is 11.9 Å². The number of carbonyl (C=O) groups excluding carboxylic acids is 3. The van der Waals surface area contributed by atoms with Crippen LogP contribution in [0.1, 0.15) is 45.7 Å². The molecule has 0 fully saturated rings. The minimum absolute atomic E-state index is 0.0515. The number of benzene rings is 3. The van der Waals surface area contributed by atoms with E-state index >= 15 is 0 Å². The Morgan fingerprint density at radius 1 is 0.867 bits per heavy atom. The lowest BCUT2D eigenvalue weighted by molar-refractivity contribution is -0.123. The summed E-state index contributed by atoms with van der Waals surface area (Å²) in [5, 5.41) is 2.69. The van der Waals surface area contributed by atoms with Crippen LogP contribution in [0.4, 0.5) is 5.69 Å². The number of carbonyl (C=O) groups is 3. The van der Waals surface area contributed by atoms with Crippen LogP contribution in [-0.2, 0) is 16.0 Å². The Hall–Kier alpha value is -3.73. The summed E-state index contributed by atoms with van der Waals surface area (Å²) < 4.78 is 5.41. The molecule has 1 atom stereocenters. The van der Waals surface area contributed by atoms with Crippen molar-refractivity contribution in [2.24, 2.45) is 0 Å². The van der Waals surface area contributed by atoms with Gasteiger partial charge in [0.2, 0.25) is 0 Å². The average molecular weight is 401 g/mol. The van der Waals surface area contributed by atoms with E-state index in [1.54, 1.807) is 36.4 Å². The third-order valence-corrected chi connectivity index (χ3v) is 4.69. The average Bonchev–Trinajstić information content (AvgIpc) is 2.75. The van der Waals surface area contributed by atoms with Crippen LogP contribution in [0.15, 0.2) is 78.9 Å². The van der Waals surface area contributed by atoms with Crippen molar-refractivity contribution < 1.29 is 19.1 Å². The molecule has 5 nitrogen and oxygen atoms in total. The zero-order valence-corrected chi connectivity index (χ0v) is 16.9. The van der Waals surface area contributed by atoms with E-state index < -0.39 is 18.0 Å². The van der Waals surface area contributed by atoms with Gasteiger partial charge >= 0.3 is 5.97 Å². The molecule has 30 heavy (non-hydrogen) atoms. The van der Waals surface area contributed by atoms with Crippen molar-refractivity contribution in [3.8, 4) is 0 Å². The van der Waals surface area contributed by atoms with E-state index in [2.05, 4.69) is 5.32 Å². The zero-order valence-electron chi connectivity index (χ0n) is 16.9. The van der Waals surface area contributed by atoms with E-state index in [1.807, 2.05) is 42.5 Å². The Bertz CT molecular complexity index is 1040. The number of anilines is 1. The smallest absolute Gasteiger partial charge is 0.339 e. The van der Waals surface area contributed by atoms with E-state index in [1.165, 1.54) is 13.8 Å². The maximum absolute atomic E-state index is 12.7. The Labute approximate surface area is 175 Å². The number of hydrogen-bond donors (Lipinski definition) is 1. The second-order valence-corrected chi connectivity index (χ2v) is 6.99. The lowest BCUT2D eigenvalue weighted by Crippen LogP contribution is -2.30. The largest absolute Gasteiger partial charge is 0.449 e. The van der Waals surface area contributed by atoms with Crippen LogP contribution in [0, 0.1) is 0 Å². The first kappa shape index (κ1) is 21.0. The molecule has 0 bridgehead atoms.